The highest BCUT2D eigenvalue weighted by Gasteiger charge is 2.33. The Morgan fingerprint density at radius 1 is 0.719 bits per heavy atom. The first-order valence-electron chi connectivity index (χ1n) is 10.9. The molecular weight excluding hydrogens is 392 g/mol. The second kappa shape index (κ2) is 10.6. The number of para-hydroxylation sites is 1. The number of rotatable bonds is 9. The lowest BCUT2D eigenvalue weighted by molar-refractivity contribution is 0.0818. The first-order valence-corrected chi connectivity index (χ1v) is 10.9. The van der Waals surface area contributed by atoms with Crippen molar-refractivity contribution in [3.63, 3.8) is 0 Å². The van der Waals surface area contributed by atoms with Gasteiger partial charge in [-0.15, -0.1) is 0 Å². The van der Waals surface area contributed by atoms with Gasteiger partial charge in [0, 0.05) is 17.8 Å². The number of carbonyl (C=O) groups excluding carboxylic acids is 1. The molecule has 0 aliphatic heterocycles. The van der Waals surface area contributed by atoms with Crippen molar-refractivity contribution in [1.82, 2.24) is 4.90 Å². The monoisotopic (exact) mass is 420 g/mol. The van der Waals surface area contributed by atoms with Gasteiger partial charge in [0.15, 0.2) is 5.78 Å². The van der Waals surface area contributed by atoms with Crippen LogP contribution in [0.3, 0.4) is 0 Å². The van der Waals surface area contributed by atoms with Gasteiger partial charge >= 0.3 is 0 Å². The van der Waals surface area contributed by atoms with Crippen molar-refractivity contribution in [3.8, 4) is 0 Å². The van der Waals surface area contributed by atoms with Crippen LogP contribution in [0.5, 0.6) is 0 Å². The molecule has 4 aromatic carbocycles. The summed E-state index contributed by atoms with van der Waals surface area (Å²) in [5, 5.41) is 3.65. The second-order valence-corrected chi connectivity index (χ2v) is 7.97. The first-order chi connectivity index (χ1) is 15.7. The van der Waals surface area contributed by atoms with E-state index >= 15 is 0 Å². The molecule has 2 unspecified atom stereocenters. The largest absolute Gasteiger partial charge is 0.376 e. The fourth-order valence-electron chi connectivity index (χ4n) is 4.07. The zero-order valence-corrected chi connectivity index (χ0v) is 18.3. The molecule has 1 N–H and O–H groups in total. The number of ketones is 1. The van der Waals surface area contributed by atoms with E-state index < -0.39 is 6.04 Å². The minimum Gasteiger partial charge on any atom is -0.376 e. The molecule has 0 fully saturated rings. The number of anilines is 1. The molecule has 0 spiro atoms. The summed E-state index contributed by atoms with van der Waals surface area (Å²) in [6.45, 7) is 0.671. The van der Waals surface area contributed by atoms with E-state index in [1.165, 1.54) is 5.56 Å². The maximum atomic E-state index is 13.9. The molecule has 0 amide bonds. The molecule has 0 radical (unpaired) electrons. The summed E-state index contributed by atoms with van der Waals surface area (Å²) in [6, 6.07) is 39.6. The fraction of sp³-hybridized carbons (Fsp3) is 0.138. The number of hydrogen-bond donors (Lipinski definition) is 1. The summed E-state index contributed by atoms with van der Waals surface area (Å²) >= 11 is 0. The molecular formula is C29H28N2O. The van der Waals surface area contributed by atoms with Gasteiger partial charge < -0.3 is 5.32 Å². The summed E-state index contributed by atoms with van der Waals surface area (Å²) in [4.78, 5) is 16.1. The van der Waals surface area contributed by atoms with Gasteiger partial charge in [-0.1, -0.05) is 109 Å². The van der Waals surface area contributed by atoms with Crippen molar-refractivity contribution in [3.05, 3.63) is 138 Å². The number of carbonyl (C=O) groups is 1. The predicted octanol–water partition coefficient (Wildman–Crippen LogP) is 6.22. The molecule has 160 valence electrons. The lowest BCUT2D eigenvalue weighted by Gasteiger charge is -2.35. The van der Waals surface area contributed by atoms with Gasteiger partial charge in [0.05, 0.1) is 12.1 Å². The molecule has 4 rings (SSSR count). The maximum absolute atomic E-state index is 13.9. The number of nitrogens with zero attached hydrogens (tertiary/aromatic N) is 1. The van der Waals surface area contributed by atoms with Crippen LogP contribution in [0.4, 0.5) is 5.69 Å². The fourth-order valence-corrected chi connectivity index (χ4v) is 4.07. The summed E-state index contributed by atoms with van der Waals surface area (Å²) in [7, 11) is 2.03. The van der Waals surface area contributed by atoms with E-state index in [1.54, 1.807) is 0 Å². The summed E-state index contributed by atoms with van der Waals surface area (Å²) in [5.41, 5.74) is 3.95. The van der Waals surface area contributed by atoms with Crippen LogP contribution < -0.4 is 5.32 Å². The highest BCUT2D eigenvalue weighted by molar-refractivity contribution is 6.01. The molecule has 3 heteroatoms. The Balaban J connectivity index is 1.75. The van der Waals surface area contributed by atoms with E-state index in [1.807, 2.05) is 104 Å². The van der Waals surface area contributed by atoms with Gasteiger partial charge in [0.2, 0.25) is 0 Å². The van der Waals surface area contributed by atoms with Crippen LogP contribution in [-0.4, -0.2) is 23.8 Å². The van der Waals surface area contributed by atoms with Crippen LogP contribution in [-0.2, 0) is 6.54 Å². The zero-order chi connectivity index (χ0) is 22.2. The average molecular weight is 421 g/mol. The highest BCUT2D eigenvalue weighted by Crippen LogP contribution is 2.29. The molecule has 0 aliphatic rings. The van der Waals surface area contributed by atoms with Gasteiger partial charge in [-0.25, -0.2) is 0 Å². The Kier molecular flexibility index (Phi) is 7.11. The van der Waals surface area contributed by atoms with Gasteiger partial charge in [-0.05, 0) is 30.3 Å². The highest BCUT2D eigenvalue weighted by atomic mass is 16.1. The van der Waals surface area contributed by atoms with Crippen LogP contribution in [0.1, 0.15) is 27.5 Å². The third kappa shape index (κ3) is 5.32. The average Bonchev–Trinajstić information content (AvgIpc) is 2.86. The molecule has 3 nitrogen and oxygen atoms in total. The number of Topliss-reactive ketones (excluding diaryl/α,β-unsaturated/α-hetero) is 1. The lowest BCUT2D eigenvalue weighted by atomic mass is 9.91. The predicted molar refractivity (Wildman–Crippen MR) is 132 cm³/mol. The molecule has 32 heavy (non-hydrogen) atoms. The van der Waals surface area contributed by atoms with Crippen molar-refractivity contribution in [2.75, 3.05) is 12.4 Å². The maximum Gasteiger partial charge on any atom is 0.182 e. The first kappa shape index (κ1) is 21.5. The van der Waals surface area contributed by atoms with E-state index in [2.05, 4.69) is 34.5 Å². The van der Waals surface area contributed by atoms with Gasteiger partial charge in [-0.3, -0.25) is 9.69 Å². The van der Waals surface area contributed by atoms with E-state index in [0.717, 1.165) is 11.3 Å². The minimum absolute atomic E-state index is 0.0984. The molecule has 0 bridgehead atoms. The third-order valence-corrected chi connectivity index (χ3v) is 5.65. The number of hydrogen-bond acceptors (Lipinski definition) is 3. The standard InChI is InChI=1S/C29H28N2O/c1-31(22-23-14-6-2-7-15-23)28(29(32)25-18-10-4-11-19-25)27(24-16-8-3-9-17-24)30-26-20-12-5-13-21-26/h2-21,27-28,30H,22H2,1H3. The Bertz CT molecular complexity index is 1100. The Labute approximate surface area is 190 Å². The lowest BCUT2D eigenvalue weighted by Crippen LogP contribution is -2.45. The van der Waals surface area contributed by atoms with Crippen LogP contribution in [0, 0.1) is 0 Å². The second-order valence-electron chi connectivity index (χ2n) is 7.97. The van der Waals surface area contributed by atoms with Crippen molar-refractivity contribution >= 4 is 11.5 Å². The van der Waals surface area contributed by atoms with Gasteiger partial charge in [0.1, 0.15) is 0 Å². The van der Waals surface area contributed by atoms with E-state index in [-0.39, 0.29) is 11.8 Å². The summed E-state index contributed by atoms with van der Waals surface area (Å²) in [6.07, 6.45) is 0. The number of benzene rings is 4. The van der Waals surface area contributed by atoms with E-state index in [0.29, 0.717) is 12.1 Å². The minimum atomic E-state index is -0.403. The van der Waals surface area contributed by atoms with E-state index in [9.17, 15) is 4.79 Å². The van der Waals surface area contributed by atoms with Crippen molar-refractivity contribution in [2.24, 2.45) is 0 Å². The Morgan fingerprint density at radius 3 is 1.81 bits per heavy atom. The molecule has 2 atom stereocenters. The molecule has 4 aromatic rings. The van der Waals surface area contributed by atoms with Crippen molar-refractivity contribution < 1.29 is 4.79 Å². The third-order valence-electron chi connectivity index (χ3n) is 5.65. The SMILES string of the molecule is CN(Cc1ccccc1)C(C(=O)c1ccccc1)C(Nc1ccccc1)c1ccccc1. The van der Waals surface area contributed by atoms with E-state index in [4.69, 9.17) is 0 Å². The topological polar surface area (TPSA) is 32.3 Å². The van der Waals surface area contributed by atoms with Crippen LogP contribution in [0.2, 0.25) is 0 Å². The Hall–Kier alpha value is -3.69. The van der Waals surface area contributed by atoms with Gasteiger partial charge in [-0.2, -0.15) is 0 Å². The quantitative estimate of drug-likeness (QED) is 0.326. The van der Waals surface area contributed by atoms with Crippen molar-refractivity contribution in [2.45, 2.75) is 18.6 Å². The number of nitrogens with one attached hydrogen (secondary N) is 1. The molecule has 0 heterocycles. The number of likely N-dealkylation sites (N-methyl/N-ethyl adjacent to an activating group) is 1. The summed E-state index contributed by atoms with van der Waals surface area (Å²) < 4.78 is 0. The van der Waals surface area contributed by atoms with Crippen molar-refractivity contribution in [1.29, 1.82) is 0 Å². The molecule has 0 aliphatic carbocycles. The Morgan fingerprint density at radius 2 is 1.22 bits per heavy atom. The molecule has 0 aromatic heterocycles. The molecule has 0 saturated heterocycles. The summed E-state index contributed by atoms with van der Waals surface area (Å²) in [5.74, 6) is 0.0984. The molecule has 0 saturated carbocycles. The van der Waals surface area contributed by atoms with Crippen LogP contribution >= 0.6 is 0 Å². The normalized spacial score (nSPS) is 12.8. The van der Waals surface area contributed by atoms with Crippen LogP contribution in [0.15, 0.2) is 121 Å². The zero-order valence-electron chi connectivity index (χ0n) is 18.3. The van der Waals surface area contributed by atoms with Gasteiger partial charge in [0.25, 0.3) is 0 Å². The van der Waals surface area contributed by atoms with Crippen LogP contribution in [0.25, 0.3) is 0 Å². The smallest absolute Gasteiger partial charge is 0.182 e.